The molecule has 4 aromatic heterocycles. The van der Waals surface area contributed by atoms with Gasteiger partial charge < -0.3 is 9.88 Å². The average molecular weight is 456 g/mol. The van der Waals surface area contributed by atoms with Crippen molar-refractivity contribution in [1.82, 2.24) is 29.5 Å². The van der Waals surface area contributed by atoms with Crippen LogP contribution in [0.25, 0.3) is 32.2 Å². The highest BCUT2D eigenvalue weighted by molar-refractivity contribution is 7.16. The van der Waals surface area contributed by atoms with E-state index < -0.39 is 0 Å². The van der Waals surface area contributed by atoms with Crippen molar-refractivity contribution in [2.24, 2.45) is 0 Å². The minimum absolute atomic E-state index is 0.0244. The molecule has 0 unspecified atom stereocenters. The van der Waals surface area contributed by atoms with Gasteiger partial charge in [0.25, 0.3) is 5.56 Å². The summed E-state index contributed by atoms with van der Waals surface area (Å²) >= 11 is 1.48. The van der Waals surface area contributed by atoms with Crippen LogP contribution in [0.15, 0.2) is 53.3 Å². The summed E-state index contributed by atoms with van der Waals surface area (Å²) in [6, 6.07) is 8.12. The summed E-state index contributed by atoms with van der Waals surface area (Å²) in [5, 5.41) is 5.08. The number of fused-ring (bicyclic) bond motifs is 2. The first kappa shape index (κ1) is 19.9. The zero-order chi connectivity index (χ0) is 22.5. The van der Waals surface area contributed by atoms with E-state index in [0.29, 0.717) is 17.0 Å². The Hall–Kier alpha value is -3.72. The van der Waals surface area contributed by atoms with Crippen molar-refractivity contribution >= 4 is 38.3 Å². The molecule has 0 radical (unpaired) electrons. The van der Waals surface area contributed by atoms with Gasteiger partial charge in [0, 0.05) is 29.7 Å². The van der Waals surface area contributed by atoms with E-state index in [1.54, 1.807) is 24.2 Å². The highest BCUT2D eigenvalue weighted by atomic mass is 32.1. The molecule has 5 aromatic rings. The predicted octanol–water partition coefficient (Wildman–Crippen LogP) is 4.67. The van der Waals surface area contributed by atoms with Gasteiger partial charge in [-0.25, -0.2) is 24.9 Å². The SMILES string of the molecule is Cc1ncc(-c2cccc3cc([C@H](C)Nc4ncnc5scnc45)n(C4CC4)c(=O)c23)cn1. The first-order valence-corrected chi connectivity index (χ1v) is 11.8. The molecule has 6 rings (SSSR count). The molecular weight excluding hydrogens is 434 g/mol. The third-order valence-electron chi connectivity index (χ3n) is 6.05. The fourth-order valence-corrected chi connectivity index (χ4v) is 4.92. The van der Waals surface area contributed by atoms with Gasteiger partial charge in [-0.3, -0.25) is 4.79 Å². The zero-order valence-corrected chi connectivity index (χ0v) is 19.0. The van der Waals surface area contributed by atoms with Crippen LogP contribution in [0.4, 0.5) is 5.82 Å². The molecule has 0 saturated heterocycles. The number of hydrogen-bond donors (Lipinski definition) is 1. The maximum Gasteiger partial charge on any atom is 0.259 e. The maximum atomic E-state index is 13.9. The molecule has 8 nitrogen and oxygen atoms in total. The van der Waals surface area contributed by atoms with Crippen LogP contribution in [0, 0.1) is 6.92 Å². The first-order valence-electron chi connectivity index (χ1n) is 10.9. The summed E-state index contributed by atoms with van der Waals surface area (Å²) in [4.78, 5) is 36.5. The number of aryl methyl sites for hydroxylation is 1. The van der Waals surface area contributed by atoms with Crippen LogP contribution < -0.4 is 10.9 Å². The smallest absolute Gasteiger partial charge is 0.259 e. The van der Waals surface area contributed by atoms with Gasteiger partial charge in [-0.05, 0) is 43.7 Å². The van der Waals surface area contributed by atoms with Gasteiger partial charge >= 0.3 is 0 Å². The fraction of sp³-hybridized carbons (Fsp3) is 0.250. The maximum absolute atomic E-state index is 13.9. The topological polar surface area (TPSA) is 98.5 Å². The first-order chi connectivity index (χ1) is 16.1. The highest BCUT2D eigenvalue weighted by Gasteiger charge is 2.30. The Kier molecular flexibility index (Phi) is 4.65. The number of benzene rings is 1. The fourth-order valence-electron chi connectivity index (χ4n) is 4.29. The summed E-state index contributed by atoms with van der Waals surface area (Å²) < 4.78 is 1.96. The molecule has 0 spiro atoms. The number of aromatic nitrogens is 6. The van der Waals surface area contributed by atoms with Crippen LogP contribution in [0.3, 0.4) is 0 Å². The van der Waals surface area contributed by atoms with Crippen molar-refractivity contribution in [2.75, 3.05) is 5.32 Å². The quantitative estimate of drug-likeness (QED) is 0.411. The molecule has 33 heavy (non-hydrogen) atoms. The molecule has 4 heterocycles. The second-order valence-corrected chi connectivity index (χ2v) is 9.19. The Morgan fingerprint density at radius 3 is 2.73 bits per heavy atom. The zero-order valence-electron chi connectivity index (χ0n) is 18.2. The molecule has 1 aliphatic rings. The number of anilines is 1. The monoisotopic (exact) mass is 455 g/mol. The van der Waals surface area contributed by atoms with Crippen molar-refractivity contribution in [2.45, 2.75) is 38.8 Å². The molecule has 1 aromatic carbocycles. The van der Waals surface area contributed by atoms with E-state index in [1.807, 2.05) is 29.7 Å². The number of hydrogen-bond acceptors (Lipinski definition) is 8. The Morgan fingerprint density at radius 1 is 1.12 bits per heavy atom. The van der Waals surface area contributed by atoms with Crippen LogP contribution in [-0.4, -0.2) is 29.5 Å². The Labute approximate surface area is 193 Å². The Morgan fingerprint density at radius 2 is 1.94 bits per heavy atom. The summed E-state index contributed by atoms with van der Waals surface area (Å²) in [6.07, 6.45) is 7.12. The van der Waals surface area contributed by atoms with E-state index in [0.717, 1.165) is 45.4 Å². The van der Waals surface area contributed by atoms with E-state index in [9.17, 15) is 4.79 Å². The third-order valence-corrected chi connectivity index (χ3v) is 6.78. The average Bonchev–Trinajstić information content (AvgIpc) is 3.54. The van der Waals surface area contributed by atoms with E-state index in [1.165, 1.54) is 11.3 Å². The van der Waals surface area contributed by atoms with Crippen LogP contribution in [0.1, 0.15) is 43.4 Å². The van der Waals surface area contributed by atoms with Crippen LogP contribution in [0.2, 0.25) is 0 Å². The molecule has 1 atom stereocenters. The molecule has 0 aliphatic heterocycles. The summed E-state index contributed by atoms with van der Waals surface area (Å²) in [6.45, 7) is 3.90. The largest absolute Gasteiger partial charge is 0.360 e. The molecule has 9 heteroatoms. The van der Waals surface area contributed by atoms with Crippen LogP contribution in [0.5, 0.6) is 0 Å². The molecule has 1 saturated carbocycles. The van der Waals surface area contributed by atoms with E-state index >= 15 is 0 Å². The van der Waals surface area contributed by atoms with E-state index in [4.69, 9.17) is 0 Å². The number of nitrogens with one attached hydrogen (secondary N) is 1. The van der Waals surface area contributed by atoms with Crippen LogP contribution in [-0.2, 0) is 0 Å². The molecule has 1 fully saturated rings. The van der Waals surface area contributed by atoms with Crippen molar-refractivity contribution < 1.29 is 0 Å². The predicted molar refractivity (Wildman–Crippen MR) is 129 cm³/mol. The van der Waals surface area contributed by atoms with Crippen LogP contribution >= 0.6 is 11.3 Å². The molecule has 0 amide bonds. The lowest BCUT2D eigenvalue weighted by atomic mass is 9.99. The minimum Gasteiger partial charge on any atom is -0.360 e. The normalized spacial score (nSPS) is 14.6. The second-order valence-electron chi connectivity index (χ2n) is 8.36. The summed E-state index contributed by atoms with van der Waals surface area (Å²) in [5.41, 5.74) is 5.18. The lowest BCUT2D eigenvalue weighted by molar-refractivity contribution is 0.636. The minimum atomic E-state index is -0.145. The van der Waals surface area contributed by atoms with Gasteiger partial charge in [-0.1, -0.05) is 18.2 Å². The van der Waals surface area contributed by atoms with Crippen molar-refractivity contribution in [3.63, 3.8) is 0 Å². The van der Waals surface area contributed by atoms with Crippen molar-refractivity contribution in [3.8, 4) is 11.1 Å². The number of thiazole rings is 1. The van der Waals surface area contributed by atoms with Gasteiger partial charge in [0.15, 0.2) is 5.82 Å². The van der Waals surface area contributed by atoms with Gasteiger partial charge in [-0.2, -0.15) is 0 Å². The number of rotatable bonds is 5. The highest BCUT2D eigenvalue weighted by Crippen LogP contribution is 2.38. The van der Waals surface area contributed by atoms with Crippen molar-refractivity contribution in [3.05, 3.63) is 70.4 Å². The van der Waals surface area contributed by atoms with E-state index in [2.05, 4.69) is 43.2 Å². The molecule has 1 N–H and O–H groups in total. The van der Waals surface area contributed by atoms with Crippen molar-refractivity contribution in [1.29, 1.82) is 0 Å². The van der Waals surface area contributed by atoms with Gasteiger partial charge in [-0.15, -0.1) is 11.3 Å². The second kappa shape index (κ2) is 7.70. The molecule has 0 bridgehead atoms. The Bertz CT molecular complexity index is 1550. The van der Waals surface area contributed by atoms with E-state index in [-0.39, 0.29) is 17.6 Å². The van der Waals surface area contributed by atoms with Gasteiger partial charge in [0.1, 0.15) is 22.5 Å². The third kappa shape index (κ3) is 3.45. The Balaban J connectivity index is 1.50. The number of pyridine rings is 1. The molecule has 1 aliphatic carbocycles. The summed E-state index contributed by atoms with van der Waals surface area (Å²) in [5.74, 6) is 1.38. The number of nitrogens with zero attached hydrogens (tertiary/aromatic N) is 6. The lowest BCUT2D eigenvalue weighted by Crippen LogP contribution is -2.26. The summed E-state index contributed by atoms with van der Waals surface area (Å²) in [7, 11) is 0. The standard InChI is InChI=1S/C24H21N7OS/c1-13(30-22-21-23(28-11-27-22)33-12-29-21)19-8-15-4-3-5-18(16-9-25-14(2)26-10-16)20(15)24(32)31(19)17-6-7-17/h3-5,8-13,17H,6-7H2,1-2H3,(H,27,28,30)/t13-/m0/s1. The molecular formula is C24H21N7OS. The van der Waals surface area contributed by atoms with Gasteiger partial charge in [0.05, 0.1) is 16.9 Å². The molecule has 164 valence electrons. The van der Waals surface area contributed by atoms with Gasteiger partial charge in [0.2, 0.25) is 0 Å². The lowest BCUT2D eigenvalue weighted by Gasteiger charge is -2.22.